The Morgan fingerprint density at radius 3 is 2.62 bits per heavy atom. The van der Waals surface area contributed by atoms with Crippen LogP contribution in [0.15, 0.2) is 17.0 Å². The van der Waals surface area contributed by atoms with Crippen LogP contribution >= 0.6 is 10.7 Å². The van der Waals surface area contributed by atoms with Crippen molar-refractivity contribution in [1.82, 2.24) is 0 Å². The molecule has 7 heteroatoms. The molecule has 0 saturated carbocycles. The van der Waals surface area contributed by atoms with Crippen molar-refractivity contribution < 1.29 is 22.6 Å². The Bertz CT molecular complexity index is 511. The summed E-state index contributed by atoms with van der Waals surface area (Å²) in [7, 11) is 2.76. The summed E-state index contributed by atoms with van der Waals surface area (Å²) in [6.07, 6.45) is 0. The third-order valence-corrected chi connectivity index (χ3v) is 3.44. The highest BCUT2D eigenvalue weighted by atomic mass is 35.7. The van der Waals surface area contributed by atoms with Gasteiger partial charge in [-0.2, -0.15) is 0 Å². The van der Waals surface area contributed by atoms with Crippen LogP contribution in [0.1, 0.15) is 0 Å². The highest BCUT2D eigenvalue weighted by molar-refractivity contribution is 8.13. The van der Waals surface area contributed by atoms with Gasteiger partial charge in [-0.1, -0.05) is 0 Å². The molecule has 0 saturated heterocycles. The lowest BCUT2D eigenvalue weighted by atomic mass is 10.3. The molecule has 1 aromatic carbocycles. The first-order valence-corrected chi connectivity index (χ1v) is 6.76. The van der Waals surface area contributed by atoms with Crippen molar-refractivity contribution in [2.75, 3.05) is 20.3 Å². The van der Waals surface area contributed by atoms with Gasteiger partial charge in [-0.25, -0.2) is 8.42 Å². The van der Waals surface area contributed by atoms with E-state index in [4.69, 9.17) is 24.9 Å². The second-order valence-corrected chi connectivity index (χ2v) is 5.59. The molecule has 0 aliphatic carbocycles. The topological polar surface area (TPSA) is 61.8 Å². The van der Waals surface area contributed by atoms with E-state index in [1.165, 1.54) is 19.2 Å². The monoisotopic (exact) mass is 264 g/mol. The highest BCUT2D eigenvalue weighted by Crippen LogP contribution is 2.44. The summed E-state index contributed by atoms with van der Waals surface area (Å²) in [6, 6.07) is 2.82. The van der Waals surface area contributed by atoms with Crippen molar-refractivity contribution >= 4 is 19.7 Å². The molecule has 1 heterocycles. The van der Waals surface area contributed by atoms with E-state index in [2.05, 4.69) is 0 Å². The van der Waals surface area contributed by atoms with Crippen molar-refractivity contribution in [3.05, 3.63) is 12.1 Å². The Labute approximate surface area is 97.3 Å². The molecule has 2 rings (SSSR count). The molecule has 0 aromatic heterocycles. The van der Waals surface area contributed by atoms with Gasteiger partial charge in [0.2, 0.25) is 5.75 Å². The average molecular weight is 265 g/mol. The maximum absolute atomic E-state index is 11.3. The van der Waals surface area contributed by atoms with Crippen LogP contribution in [-0.4, -0.2) is 28.7 Å². The van der Waals surface area contributed by atoms with E-state index in [1.54, 1.807) is 0 Å². The maximum Gasteiger partial charge on any atom is 0.265 e. The van der Waals surface area contributed by atoms with E-state index in [9.17, 15) is 8.42 Å². The van der Waals surface area contributed by atoms with Gasteiger partial charge < -0.3 is 14.2 Å². The summed E-state index contributed by atoms with van der Waals surface area (Å²) >= 11 is 0. The Morgan fingerprint density at radius 1 is 1.31 bits per heavy atom. The quantitative estimate of drug-likeness (QED) is 0.756. The second-order valence-electron chi connectivity index (χ2n) is 3.06. The molecular formula is C9H9ClO5S. The molecule has 0 fully saturated rings. The first-order chi connectivity index (χ1) is 7.54. The number of halogens is 1. The first kappa shape index (κ1) is 11.3. The van der Waals surface area contributed by atoms with Gasteiger partial charge in [0.05, 0.1) is 7.11 Å². The van der Waals surface area contributed by atoms with E-state index in [-0.39, 0.29) is 16.4 Å². The van der Waals surface area contributed by atoms with Gasteiger partial charge in [0.15, 0.2) is 11.5 Å². The minimum absolute atomic E-state index is 0.0761. The van der Waals surface area contributed by atoms with Gasteiger partial charge in [0.25, 0.3) is 9.05 Å². The van der Waals surface area contributed by atoms with Crippen LogP contribution in [0.4, 0.5) is 0 Å². The van der Waals surface area contributed by atoms with Gasteiger partial charge in [0, 0.05) is 10.7 Å². The van der Waals surface area contributed by atoms with Crippen LogP contribution in [-0.2, 0) is 9.05 Å². The normalized spacial score (nSPS) is 14.6. The van der Waals surface area contributed by atoms with Gasteiger partial charge in [-0.15, -0.1) is 0 Å². The predicted molar refractivity (Wildman–Crippen MR) is 57.0 cm³/mol. The first-order valence-electron chi connectivity index (χ1n) is 4.45. The number of hydrogen-bond acceptors (Lipinski definition) is 5. The van der Waals surface area contributed by atoms with Crippen molar-refractivity contribution in [2.24, 2.45) is 0 Å². The van der Waals surface area contributed by atoms with Crippen LogP contribution in [0.2, 0.25) is 0 Å². The summed E-state index contributed by atoms with van der Waals surface area (Å²) in [4.78, 5) is -0.124. The fraction of sp³-hybridized carbons (Fsp3) is 0.333. The molecule has 0 bridgehead atoms. The number of ether oxygens (including phenoxy) is 3. The standard InChI is InChI=1S/C9H9ClO5S/c1-13-9-7(16(10,11)12)3-2-6-8(9)15-5-4-14-6/h2-3H,4-5H2,1H3. The van der Waals surface area contributed by atoms with Gasteiger partial charge >= 0.3 is 0 Å². The smallest absolute Gasteiger partial charge is 0.265 e. The van der Waals surface area contributed by atoms with E-state index >= 15 is 0 Å². The molecule has 0 amide bonds. The third kappa shape index (κ3) is 1.90. The Kier molecular flexibility index (Phi) is 2.86. The molecule has 88 valence electrons. The largest absolute Gasteiger partial charge is 0.491 e. The molecule has 1 aromatic rings. The van der Waals surface area contributed by atoms with E-state index in [0.717, 1.165) is 0 Å². The number of methoxy groups -OCH3 is 1. The van der Waals surface area contributed by atoms with Gasteiger partial charge in [-0.05, 0) is 12.1 Å². The highest BCUT2D eigenvalue weighted by Gasteiger charge is 2.25. The van der Waals surface area contributed by atoms with Crippen molar-refractivity contribution in [3.8, 4) is 17.2 Å². The summed E-state index contributed by atoms with van der Waals surface area (Å²) in [5.74, 6) is 0.801. The minimum atomic E-state index is -3.87. The Balaban J connectivity index is 2.65. The zero-order valence-electron chi connectivity index (χ0n) is 8.40. The molecule has 1 aliphatic heterocycles. The molecular weight excluding hydrogens is 256 g/mol. The Hall–Kier alpha value is -1.14. The van der Waals surface area contributed by atoms with E-state index < -0.39 is 9.05 Å². The zero-order chi connectivity index (χ0) is 11.8. The van der Waals surface area contributed by atoms with Crippen molar-refractivity contribution in [3.63, 3.8) is 0 Å². The molecule has 0 atom stereocenters. The fourth-order valence-corrected chi connectivity index (χ4v) is 2.45. The summed E-state index contributed by atoms with van der Waals surface area (Å²) in [5, 5.41) is 0. The molecule has 16 heavy (non-hydrogen) atoms. The van der Waals surface area contributed by atoms with Crippen molar-refractivity contribution in [2.45, 2.75) is 4.90 Å². The average Bonchev–Trinajstić information content (AvgIpc) is 2.26. The summed E-state index contributed by atoms with van der Waals surface area (Å²) in [5.41, 5.74) is 0. The number of fused-ring (bicyclic) bond motifs is 1. The molecule has 0 N–H and O–H groups in total. The lowest BCUT2D eigenvalue weighted by Gasteiger charge is -2.21. The van der Waals surface area contributed by atoms with Crippen LogP contribution in [0.5, 0.6) is 17.2 Å². The van der Waals surface area contributed by atoms with Crippen LogP contribution in [0, 0.1) is 0 Å². The fourth-order valence-electron chi connectivity index (χ4n) is 1.46. The molecule has 0 radical (unpaired) electrons. The van der Waals surface area contributed by atoms with E-state index in [1.807, 2.05) is 0 Å². The lowest BCUT2D eigenvalue weighted by Crippen LogP contribution is -2.16. The van der Waals surface area contributed by atoms with Crippen molar-refractivity contribution in [1.29, 1.82) is 0 Å². The van der Waals surface area contributed by atoms with Gasteiger partial charge in [-0.3, -0.25) is 0 Å². The predicted octanol–water partition coefficient (Wildman–Crippen LogP) is 1.39. The molecule has 0 unspecified atom stereocenters. The number of hydrogen-bond donors (Lipinski definition) is 0. The second kappa shape index (κ2) is 4.03. The lowest BCUT2D eigenvalue weighted by molar-refractivity contribution is 0.164. The number of rotatable bonds is 2. The molecule has 5 nitrogen and oxygen atoms in total. The molecule has 0 spiro atoms. The summed E-state index contributed by atoms with van der Waals surface area (Å²) < 4.78 is 38.2. The van der Waals surface area contributed by atoms with E-state index in [0.29, 0.717) is 19.0 Å². The number of benzene rings is 1. The summed E-state index contributed by atoms with van der Waals surface area (Å²) in [6.45, 7) is 0.762. The SMILES string of the molecule is COc1c(S(=O)(=O)Cl)ccc2c1OCCO2. The van der Waals surface area contributed by atoms with Gasteiger partial charge in [0.1, 0.15) is 18.1 Å². The van der Waals surface area contributed by atoms with Crippen LogP contribution < -0.4 is 14.2 Å². The van der Waals surface area contributed by atoms with Crippen LogP contribution in [0.3, 0.4) is 0 Å². The zero-order valence-corrected chi connectivity index (χ0v) is 9.97. The Morgan fingerprint density at radius 2 is 2.00 bits per heavy atom. The third-order valence-electron chi connectivity index (χ3n) is 2.09. The minimum Gasteiger partial charge on any atom is -0.491 e. The maximum atomic E-state index is 11.3. The van der Waals surface area contributed by atoms with Crippen LogP contribution in [0.25, 0.3) is 0 Å². The molecule has 1 aliphatic rings.